The molecule has 0 rings (SSSR count). The quantitative estimate of drug-likeness (QED) is 0.0320. The van der Waals surface area contributed by atoms with Crippen LogP contribution in [0, 0.1) is 17.8 Å². The van der Waals surface area contributed by atoms with Gasteiger partial charge in [0.1, 0.15) is 0 Å². The molecule has 0 aromatic rings. The molecule has 3 unspecified atom stereocenters. The maximum atomic E-state index is 14.4. The van der Waals surface area contributed by atoms with E-state index in [0.717, 1.165) is 77.0 Å². The van der Waals surface area contributed by atoms with Crippen molar-refractivity contribution in [3.63, 3.8) is 0 Å². The summed E-state index contributed by atoms with van der Waals surface area (Å²) in [6.45, 7) is 9.05. The molecule has 6 nitrogen and oxygen atoms in total. The first-order valence-corrected chi connectivity index (χ1v) is 38.2. The molecule has 0 N–H and O–H groups in total. The van der Waals surface area contributed by atoms with Crippen molar-refractivity contribution in [3.05, 3.63) is 0 Å². The third-order valence-electron chi connectivity index (χ3n) is 14.7. The molecule has 0 aromatic heterocycles. The molecule has 0 aromatic carbocycles. The molecule has 0 aliphatic heterocycles. The van der Waals surface area contributed by atoms with Gasteiger partial charge >= 0.3 is 383 Å². The van der Waals surface area contributed by atoms with Gasteiger partial charge in [-0.25, -0.2) is 0 Å². The van der Waals surface area contributed by atoms with Crippen molar-refractivity contribution in [2.45, 2.75) is 327 Å². The first kappa shape index (κ1) is 70.3. The van der Waals surface area contributed by atoms with Crippen LogP contribution in [-0.2, 0) is 23.6 Å². The summed E-state index contributed by atoms with van der Waals surface area (Å²) in [6.07, 6.45) is 54.3. The van der Waals surface area contributed by atoms with Crippen molar-refractivity contribution in [2.75, 3.05) is 17.3 Å². The van der Waals surface area contributed by atoms with E-state index in [0.29, 0.717) is 47.4 Å². The minimum Gasteiger partial charge on any atom is -0.0654 e. The number of hydrogen-bond donors (Lipinski definition) is 3. The number of unbranched alkanes of at least 4 members (excludes halogenated alkanes) is 39. The molecule has 416 valence electrons. The Hall–Kier alpha value is 0.259. The first-order valence-electron chi connectivity index (χ1n) is 30.8. The summed E-state index contributed by atoms with van der Waals surface area (Å²) in [7, 11) is 0. The molecule has 70 heavy (non-hydrogen) atoms. The van der Waals surface area contributed by atoms with Crippen LogP contribution in [-0.4, -0.2) is 54.8 Å². The molecule has 10 heteroatoms. The van der Waals surface area contributed by atoms with Crippen LogP contribution in [0.15, 0.2) is 0 Å². The van der Waals surface area contributed by atoms with E-state index in [1.54, 1.807) is 0 Å². The van der Waals surface area contributed by atoms with Crippen LogP contribution in [0.5, 0.6) is 0 Å². The number of rotatable bonds is 56. The van der Waals surface area contributed by atoms with E-state index in [1.165, 1.54) is 193 Å². The SMILES string of the molecule is CCCCCCCCCCCCCC(CS)C(=O)[O][Sn]([CH2]CCCCCCCCCCC)([O]C(=O)C(CS)CCCCCCCCCCCCC)[O]C(=O)C(CS)CCCCCCCCCCCCC. The Morgan fingerprint density at radius 3 is 0.643 bits per heavy atom. The second-order valence-corrected chi connectivity index (χ2v) is 29.7. The van der Waals surface area contributed by atoms with Crippen LogP contribution in [0.2, 0.25) is 4.44 Å². The second kappa shape index (κ2) is 54.1. The Balaban J connectivity index is 6.03. The summed E-state index contributed by atoms with van der Waals surface area (Å²) >= 11 is 8.71. The van der Waals surface area contributed by atoms with Crippen LogP contribution < -0.4 is 0 Å². The van der Waals surface area contributed by atoms with Gasteiger partial charge in [-0.15, -0.1) is 0 Å². The smallest absolute Gasteiger partial charge is 0.0654 e. The van der Waals surface area contributed by atoms with E-state index in [2.05, 4.69) is 65.6 Å². The predicted octanol–water partition coefficient (Wildman–Crippen LogP) is 20.2. The number of thiol groups is 3. The molecule has 0 aliphatic rings. The summed E-state index contributed by atoms with van der Waals surface area (Å²) < 4.78 is 20.0. The van der Waals surface area contributed by atoms with Crippen molar-refractivity contribution in [1.82, 2.24) is 0 Å². The van der Waals surface area contributed by atoms with Crippen molar-refractivity contribution in [3.8, 4) is 0 Å². The second-order valence-electron chi connectivity index (χ2n) is 21.5. The van der Waals surface area contributed by atoms with Crippen LogP contribution in [0.1, 0.15) is 323 Å². The van der Waals surface area contributed by atoms with Crippen molar-refractivity contribution >= 4 is 75.4 Å². The molecule has 0 bridgehead atoms. The zero-order chi connectivity index (χ0) is 51.4. The van der Waals surface area contributed by atoms with Gasteiger partial charge < -0.3 is 0 Å². The Bertz CT molecular complexity index is 1030. The van der Waals surface area contributed by atoms with Gasteiger partial charge in [-0.05, 0) is 0 Å². The fourth-order valence-corrected chi connectivity index (χ4v) is 18.0. The third kappa shape index (κ3) is 42.5. The maximum absolute atomic E-state index is 14.4. The van der Waals surface area contributed by atoms with Gasteiger partial charge in [-0.3, -0.25) is 0 Å². The Morgan fingerprint density at radius 1 is 0.286 bits per heavy atom. The summed E-state index contributed by atoms with van der Waals surface area (Å²) in [5.41, 5.74) is 0. The molecule has 0 heterocycles. The fraction of sp³-hybridized carbons (Fsp3) is 0.950. The minimum absolute atomic E-state index is 0.321. The molecule has 0 amide bonds. The van der Waals surface area contributed by atoms with E-state index in [-0.39, 0.29) is 0 Å². The van der Waals surface area contributed by atoms with Crippen LogP contribution in [0.3, 0.4) is 0 Å². The average Bonchev–Trinajstić information content (AvgIpc) is 3.35. The molecule has 0 fully saturated rings. The van der Waals surface area contributed by atoms with Gasteiger partial charge in [0, 0.05) is 0 Å². The molecule has 0 radical (unpaired) electrons. The van der Waals surface area contributed by atoms with Crippen molar-refractivity contribution in [1.29, 1.82) is 0 Å². The van der Waals surface area contributed by atoms with Crippen molar-refractivity contribution < 1.29 is 23.6 Å². The summed E-state index contributed by atoms with van der Waals surface area (Å²) in [4.78, 5) is 43.1. The normalized spacial score (nSPS) is 13.8. The van der Waals surface area contributed by atoms with Gasteiger partial charge in [-0.2, -0.15) is 0 Å². The zero-order valence-corrected chi connectivity index (χ0v) is 52.4. The van der Waals surface area contributed by atoms with E-state index in [4.69, 9.17) is 9.22 Å². The molecule has 0 spiro atoms. The Labute approximate surface area is 458 Å². The monoisotopic (exact) mass is 1150 g/mol. The first-order chi connectivity index (χ1) is 34.3. The Kier molecular flexibility index (Phi) is 54.3. The number of hydrogen-bond acceptors (Lipinski definition) is 9. The number of carbonyl (C=O) groups is 3. The number of carbonyl (C=O) groups excluding carboxylic acids is 3. The zero-order valence-electron chi connectivity index (χ0n) is 46.9. The molecule has 0 aliphatic carbocycles. The fourth-order valence-electron chi connectivity index (χ4n) is 9.77. The van der Waals surface area contributed by atoms with E-state index < -0.39 is 55.3 Å². The third-order valence-corrected chi connectivity index (χ3v) is 23.2. The molecule has 3 atom stereocenters. The minimum atomic E-state index is -5.27. The van der Waals surface area contributed by atoms with Gasteiger partial charge in [0.15, 0.2) is 0 Å². The Morgan fingerprint density at radius 2 is 0.457 bits per heavy atom. The molecule has 0 saturated carbocycles. The van der Waals surface area contributed by atoms with E-state index in [1.807, 2.05) is 0 Å². The van der Waals surface area contributed by atoms with Gasteiger partial charge in [0.25, 0.3) is 0 Å². The van der Waals surface area contributed by atoms with Crippen LogP contribution >= 0.6 is 37.9 Å². The van der Waals surface area contributed by atoms with Crippen LogP contribution in [0.25, 0.3) is 0 Å². The predicted molar refractivity (Wildman–Crippen MR) is 316 cm³/mol. The summed E-state index contributed by atoms with van der Waals surface area (Å²) in [6, 6.07) is 0. The van der Waals surface area contributed by atoms with E-state index >= 15 is 0 Å². The van der Waals surface area contributed by atoms with Gasteiger partial charge in [0.2, 0.25) is 0 Å². The molecule has 0 saturated heterocycles. The van der Waals surface area contributed by atoms with Gasteiger partial charge in [0.05, 0.1) is 0 Å². The van der Waals surface area contributed by atoms with Gasteiger partial charge in [-0.1, -0.05) is 78.6 Å². The van der Waals surface area contributed by atoms with Crippen molar-refractivity contribution in [2.24, 2.45) is 17.8 Å². The molecular weight excluding hydrogens is 1030 g/mol. The van der Waals surface area contributed by atoms with E-state index in [9.17, 15) is 14.4 Å². The average molecular weight is 1150 g/mol. The standard InChI is InChI=1S/3C16H32O2S.C12H25.Sn/c3*1-2-3-4-5-6-7-8-9-10-11-12-13-15(14-19)16(17)18;1-3-5-7-9-11-12-10-8-6-4-2;/h3*15,19H,2-14H2,1H3,(H,17,18);1,3-12H2,2H3;/q;;;;+3/p-3. The summed E-state index contributed by atoms with van der Waals surface area (Å²) in [5, 5.41) is 0. The summed E-state index contributed by atoms with van der Waals surface area (Å²) in [5.74, 6) is -1.55. The van der Waals surface area contributed by atoms with Crippen LogP contribution in [0.4, 0.5) is 0 Å². The topological polar surface area (TPSA) is 78.9 Å². The molecular formula is C60H118O6S3Sn.